The molecule has 17 heavy (non-hydrogen) atoms. The van der Waals surface area contributed by atoms with E-state index in [1.54, 1.807) is 6.41 Å². The Kier molecular flexibility index (Phi) is 10.6. The normalized spacial score (nSPS) is 10.0. The Labute approximate surface area is 102 Å². The highest BCUT2D eigenvalue weighted by molar-refractivity contribution is 5.80. The van der Waals surface area contributed by atoms with Gasteiger partial charge in [-0.1, -0.05) is 12.8 Å². The molecule has 0 aromatic carbocycles. The van der Waals surface area contributed by atoms with E-state index in [1.165, 1.54) is 7.11 Å². The molecular weight excluding hydrogens is 224 g/mol. The minimum Gasteiger partial charge on any atom is -0.447 e. The lowest BCUT2D eigenvalue weighted by Crippen LogP contribution is -2.32. The summed E-state index contributed by atoms with van der Waals surface area (Å²) in [5.74, 6) is 0. The van der Waals surface area contributed by atoms with Crippen molar-refractivity contribution in [2.75, 3.05) is 33.4 Å². The topological polar surface area (TPSA) is 81.9 Å². The van der Waals surface area contributed by atoms with E-state index in [-0.39, 0.29) is 6.61 Å². The standard InChI is InChI=1S/C11H21N2O4/c1-16-8-9-17-11(15)13(10-14)7-5-3-2-4-6-12/h2-9,12H2,1H3. The Morgan fingerprint density at radius 2 is 1.94 bits per heavy atom. The Bertz CT molecular complexity index is 212. The number of unbranched alkanes of at least 4 members (excludes halogenated alkanes) is 3. The molecule has 0 aliphatic rings. The van der Waals surface area contributed by atoms with Crippen LogP contribution in [-0.2, 0) is 14.3 Å². The zero-order valence-electron chi connectivity index (χ0n) is 10.3. The average Bonchev–Trinajstić information content (AvgIpc) is 2.34. The predicted molar refractivity (Wildman–Crippen MR) is 63.1 cm³/mol. The van der Waals surface area contributed by atoms with Crippen LogP contribution in [0.3, 0.4) is 0 Å². The molecule has 0 heterocycles. The highest BCUT2D eigenvalue weighted by Crippen LogP contribution is 2.01. The molecule has 0 rings (SSSR count). The number of carbonyl (C=O) groups excluding carboxylic acids is 2. The monoisotopic (exact) mass is 245 g/mol. The van der Waals surface area contributed by atoms with Crippen LogP contribution in [0, 0.1) is 0 Å². The van der Waals surface area contributed by atoms with Gasteiger partial charge in [0, 0.05) is 13.7 Å². The van der Waals surface area contributed by atoms with E-state index < -0.39 is 6.09 Å². The van der Waals surface area contributed by atoms with Crippen LogP contribution in [0.1, 0.15) is 25.7 Å². The van der Waals surface area contributed by atoms with Gasteiger partial charge in [0.25, 0.3) is 0 Å². The molecule has 0 unspecified atom stereocenters. The summed E-state index contributed by atoms with van der Waals surface area (Å²) in [6.07, 6.45) is 4.53. The fourth-order valence-corrected chi connectivity index (χ4v) is 1.23. The van der Waals surface area contributed by atoms with Crippen molar-refractivity contribution < 1.29 is 19.1 Å². The number of methoxy groups -OCH3 is 1. The zero-order chi connectivity index (χ0) is 12.9. The molecule has 0 aromatic heterocycles. The maximum atomic E-state index is 11.3. The number of carbonyl (C=O) groups is 1. The first-order valence-electron chi connectivity index (χ1n) is 5.77. The molecule has 0 bridgehead atoms. The third-order valence-electron chi connectivity index (χ3n) is 2.18. The van der Waals surface area contributed by atoms with E-state index in [1.807, 2.05) is 0 Å². The number of rotatable bonds is 10. The number of hydrogen-bond donors (Lipinski definition) is 1. The summed E-state index contributed by atoms with van der Waals surface area (Å²) in [5, 5.41) is 0. The summed E-state index contributed by atoms with van der Waals surface area (Å²) in [7, 11) is 1.51. The summed E-state index contributed by atoms with van der Waals surface area (Å²) in [4.78, 5) is 22.8. The van der Waals surface area contributed by atoms with Gasteiger partial charge in [0.15, 0.2) is 0 Å². The van der Waals surface area contributed by atoms with Gasteiger partial charge in [0.1, 0.15) is 6.61 Å². The number of hydrogen-bond acceptors (Lipinski definition) is 5. The summed E-state index contributed by atoms with van der Waals surface area (Å²) in [6, 6.07) is 0. The summed E-state index contributed by atoms with van der Waals surface area (Å²) >= 11 is 0. The van der Waals surface area contributed by atoms with Crippen LogP contribution in [0.15, 0.2) is 0 Å². The van der Waals surface area contributed by atoms with Crippen LogP contribution in [0.25, 0.3) is 0 Å². The Hall–Kier alpha value is -1.14. The minimum absolute atomic E-state index is 0.140. The molecule has 1 radical (unpaired) electrons. The fraction of sp³-hybridized carbons (Fsp3) is 0.818. The lowest BCUT2D eigenvalue weighted by Gasteiger charge is -2.14. The number of nitrogens with two attached hydrogens (primary N) is 1. The van der Waals surface area contributed by atoms with Crippen molar-refractivity contribution >= 4 is 12.5 Å². The lowest BCUT2D eigenvalue weighted by atomic mass is 10.2. The largest absolute Gasteiger partial charge is 0.447 e. The molecule has 0 spiro atoms. The van der Waals surface area contributed by atoms with Crippen LogP contribution in [0.4, 0.5) is 4.79 Å². The summed E-state index contributed by atoms with van der Waals surface area (Å²) in [5.41, 5.74) is 5.35. The Morgan fingerprint density at radius 1 is 1.24 bits per heavy atom. The van der Waals surface area contributed by atoms with Crippen LogP contribution in [-0.4, -0.2) is 50.8 Å². The molecule has 0 saturated carbocycles. The fourth-order valence-electron chi connectivity index (χ4n) is 1.23. The van der Waals surface area contributed by atoms with Gasteiger partial charge in [-0.25, -0.2) is 9.69 Å². The zero-order valence-corrected chi connectivity index (χ0v) is 10.3. The van der Waals surface area contributed by atoms with Gasteiger partial charge in [-0.05, 0) is 19.4 Å². The Balaban J connectivity index is 3.66. The SMILES string of the molecule is COCCOC(=O)N([C]=O)CCCCCCN. The molecule has 2 amide bonds. The Morgan fingerprint density at radius 3 is 2.53 bits per heavy atom. The first-order valence-corrected chi connectivity index (χ1v) is 5.77. The molecule has 0 fully saturated rings. The van der Waals surface area contributed by atoms with E-state index in [0.717, 1.165) is 30.6 Å². The van der Waals surface area contributed by atoms with Crippen molar-refractivity contribution in [1.29, 1.82) is 0 Å². The molecule has 2 N–H and O–H groups in total. The smallest absolute Gasteiger partial charge is 0.417 e. The number of ether oxygens (including phenoxy) is 2. The highest BCUT2D eigenvalue weighted by atomic mass is 16.6. The maximum absolute atomic E-state index is 11.3. The summed E-state index contributed by atoms with van der Waals surface area (Å²) in [6.45, 7) is 1.46. The van der Waals surface area contributed by atoms with Crippen molar-refractivity contribution in [3.8, 4) is 0 Å². The molecule has 0 saturated heterocycles. The molecule has 0 aromatic rings. The van der Waals surface area contributed by atoms with Crippen molar-refractivity contribution in [3.05, 3.63) is 0 Å². The minimum atomic E-state index is -0.670. The van der Waals surface area contributed by atoms with Gasteiger partial charge in [-0.2, -0.15) is 0 Å². The van der Waals surface area contributed by atoms with Gasteiger partial charge >= 0.3 is 12.5 Å². The van der Waals surface area contributed by atoms with Gasteiger partial charge in [-0.15, -0.1) is 0 Å². The van der Waals surface area contributed by atoms with Crippen molar-refractivity contribution in [2.45, 2.75) is 25.7 Å². The van der Waals surface area contributed by atoms with Crippen molar-refractivity contribution in [3.63, 3.8) is 0 Å². The van der Waals surface area contributed by atoms with Crippen LogP contribution < -0.4 is 5.73 Å². The summed E-state index contributed by atoms with van der Waals surface area (Å²) < 4.78 is 9.52. The first-order chi connectivity index (χ1) is 8.26. The van der Waals surface area contributed by atoms with Gasteiger partial charge in [0.05, 0.1) is 6.61 Å². The molecule has 99 valence electrons. The second-order valence-electron chi connectivity index (χ2n) is 3.55. The van der Waals surface area contributed by atoms with Crippen LogP contribution >= 0.6 is 0 Å². The molecular formula is C11H21N2O4. The van der Waals surface area contributed by atoms with Gasteiger partial charge in [-0.3, -0.25) is 4.79 Å². The van der Waals surface area contributed by atoms with E-state index in [4.69, 9.17) is 15.2 Å². The molecule has 6 heteroatoms. The van der Waals surface area contributed by atoms with Gasteiger partial charge < -0.3 is 15.2 Å². The number of nitrogens with zero attached hydrogens (tertiary/aromatic N) is 1. The predicted octanol–water partition coefficient (Wildman–Crippen LogP) is 0.658. The molecule has 0 aliphatic heterocycles. The third kappa shape index (κ3) is 8.65. The number of imide groups is 1. The van der Waals surface area contributed by atoms with Crippen LogP contribution in [0.5, 0.6) is 0 Å². The van der Waals surface area contributed by atoms with Crippen molar-refractivity contribution in [1.82, 2.24) is 4.90 Å². The quantitative estimate of drug-likeness (QED) is 0.451. The molecule has 6 nitrogen and oxygen atoms in total. The van der Waals surface area contributed by atoms with Crippen LogP contribution in [0.2, 0.25) is 0 Å². The third-order valence-corrected chi connectivity index (χ3v) is 2.18. The molecule has 0 atom stereocenters. The molecule has 0 aliphatic carbocycles. The van der Waals surface area contributed by atoms with E-state index in [9.17, 15) is 9.59 Å². The highest BCUT2D eigenvalue weighted by Gasteiger charge is 2.14. The lowest BCUT2D eigenvalue weighted by molar-refractivity contribution is 0.0836. The first kappa shape index (κ1) is 15.9. The van der Waals surface area contributed by atoms with Crippen molar-refractivity contribution in [2.24, 2.45) is 5.73 Å². The van der Waals surface area contributed by atoms with Gasteiger partial charge in [0.2, 0.25) is 0 Å². The van der Waals surface area contributed by atoms with E-state index in [0.29, 0.717) is 19.7 Å². The maximum Gasteiger partial charge on any atom is 0.417 e. The number of amides is 2. The second-order valence-corrected chi connectivity index (χ2v) is 3.55. The average molecular weight is 245 g/mol. The van der Waals surface area contributed by atoms with E-state index >= 15 is 0 Å². The second kappa shape index (κ2) is 11.3. The van der Waals surface area contributed by atoms with E-state index in [2.05, 4.69) is 0 Å².